The molecule has 1 aromatic rings. The highest BCUT2D eigenvalue weighted by molar-refractivity contribution is 6.06. The number of nitrogens with one attached hydrogen (secondary N) is 1. The summed E-state index contributed by atoms with van der Waals surface area (Å²) in [6, 6.07) is 11.7. The lowest BCUT2D eigenvalue weighted by Crippen LogP contribution is -2.62. The minimum atomic E-state index is -0.967. The van der Waals surface area contributed by atoms with E-state index in [2.05, 4.69) is 197 Å². The standard InChI is InChI=1S/C63H87N3O/c1-41-35-42(2)62(11,67)56(36-41)63(12)65-58-49(29-22-30-55(58)66(63)54-32-31-47(61(9,10)60(6,7)8)38-50(54)44-25-18-14-19-26-44)51-39-48(59(3,4)5)40-52(57(51)45-27-20-15-21-28-45)53-37-46(33-34-64-53)43-23-16-13-17-24-43/h13-16,18-21,25,27-28,30-32,36-38,41-44,48-50,52,54,58,65,67H,17,22-24,26,29,33-35,39-40H2,1-12H3. The Morgan fingerprint density at radius 2 is 1.63 bits per heavy atom. The van der Waals surface area contributed by atoms with Gasteiger partial charge in [0, 0.05) is 35.7 Å². The van der Waals surface area contributed by atoms with Crippen molar-refractivity contribution in [3.8, 4) is 0 Å². The molecule has 67 heavy (non-hydrogen) atoms. The Morgan fingerprint density at radius 3 is 2.31 bits per heavy atom. The van der Waals surface area contributed by atoms with Crippen molar-refractivity contribution in [3.63, 3.8) is 0 Å². The first-order valence-electron chi connectivity index (χ1n) is 26.8. The lowest BCUT2D eigenvalue weighted by molar-refractivity contribution is -0.00918. The van der Waals surface area contributed by atoms with E-state index < -0.39 is 11.3 Å². The van der Waals surface area contributed by atoms with Gasteiger partial charge in [-0.25, -0.2) is 0 Å². The zero-order chi connectivity index (χ0) is 47.7. The molecule has 2 N–H and O–H groups in total. The van der Waals surface area contributed by atoms with Gasteiger partial charge in [0.15, 0.2) is 0 Å². The predicted molar refractivity (Wildman–Crippen MR) is 284 cm³/mol. The minimum Gasteiger partial charge on any atom is -0.385 e. The van der Waals surface area contributed by atoms with E-state index in [1.54, 1.807) is 16.7 Å². The molecule has 0 amide bonds. The molecule has 8 aliphatic rings. The molecular formula is C63H87N3O. The molecule has 0 spiro atoms. The van der Waals surface area contributed by atoms with Crippen LogP contribution in [0, 0.1) is 63.6 Å². The third-order valence-corrected chi connectivity index (χ3v) is 19.2. The molecule has 4 nitrogen and oxygen atoms in total. The second-order valence-electron chi connectivity index (χ2n) is 25.5. The number of hydrogen-bond donors (Lipinski definition) is 2. The Bertz CT molecular complexity index is 2340. The Hall–Kier alpha value is -3.73. The monoisotopic (exact) mass is 902 g/mol. The maximum atomic E-state index is 12.9. The van der Waals surface area contributed by atoms with Crippen molar-refractivity contribution in [1.82, 2.24) is 10.2 Å². The second kappa shape index (κ2) is 18.2. The van der Waals surface area contributed by atoms with Gasteiger partial charge in [0.2, 0.25) is 0 Å². The van der Waals surface area contributed by atoms with Gasteiger partial charge in [-0.05, 0) is 152 Å². The second-order valence-corrected chi connectivity index (χ2v) is 25.5. The molecule has 12 atom stereocenters. The molecule has 0 radical (unpaired) electrons. The van der Waals surface area contributed by atoms with Crippen LogP contribution < -0.4 is 5.32 Å². The number of aliphatic imine (C=N–C) groups is 1. The molecule has 1 fully saturated rings. The maximum absolute atomic E-state index is 12.9. The van der Waals surface area contributed by atoms with Crippen molar-refractivity contribution in [2.75, 3.05) is 6.54 Å². The van der Waals surface area contributed by atoms with E-state index >= 15 is 0 Å². The predicted octanol–water partition coefficient (Wildman–Crippen LogP) is 15.0. The van der Waals surface area contributed by atoms with Crippen LogP contribution in [-0.4, -0.2) is 45.6 Å². The number of allylic oxidation sites excluding steroid dienone is 12. The van der Waals surface area contributed by atoms with Gasteiger partial charge in [0.25, 0.3) is 0 Å². The summed E-state index contributed by atoms with van der Waals surface area (Å²) in [5.74, 6) is 2.83. The van der Waals surface area contributed by atoms with Crippen LogP contribution in [0.4, 0.5) is 0 Å². The summed E-state index contributed by atoms with van der Waals surface area (Å²) in [7, 11) is 0. The summed E-state index contributed by atoms with van der Waals surface area (Å²) in [5.41, 5.74) is 10.2. The highest BCUT2D eigenvalue weighted by atomic mass is 16.3. The molecule has 2 heterocycles. The van der Waals surface area contributed by atoms with Gasteiger partial charge in [0.1, 0.15) is 5.66 Å². The molecule has 2 aliphatic heterocycles. The Labute approximate surface area is 407 Å². The van der Waals surface area contributed by atoms with Crippen LogP contribution >= 0.6 is 0 Å². The van der Waals surface area contributed by atoms with Gasteiger partial charge < -0.3 is 10.0 Å². The van der Waals surface area contributed by atoms with Gasteiger partial charge in [-0.2, -0.15) is 0 Å². The molecule has 1 saturated heterocycles. The fourth-order valence-corrected chi connectivity index (χ4v) is 14.0. The number of dihydropyridines is 1. The number of nitrogens with zero attached hydrogens (tertiary/aromatic N) is 2. The number of benzene rings is 1. The van der Waals surface area contributed by atoms with Crippen molar-refractivity contribution in [2.45, 2.75) is 171 Å². The average molecular weight is 902 g/mol. The van der Waals surface area contributed by atoms with E-state index in [-0.39, 0.29) is 46.1 Å². The topological polar surface area (TPSA) is 47.9 Å². The maximum Gasteiger partial charge on any atom is 0.114 e. The first-order chi connectivity index (χ1) is 31.7. The molecule has 12 unspecified atom stereocenters. The first-order valence-corrected chi connectivity index (χ1v) is 26.8. The van der Waals surface area contributed by atoms with Crippen LogP contribution in [0.25, 0.3) is 5.57 Å². The van der Waals surface area contributed by atoms with Crippen molar-refractivity contribution < 1.29 is 5.11 Å². The lowest BCUT2D eigenvalue weighted by Gasteiger charge is -2.53. The van der Waals surface area contributed by atoms with Gasteiger partial charge in [0.05, 0.1) is 17.7 Å². The van der Waals surface area contributed by atoms with E-state index in [1.165, 1.54) is 35.4 Å². The summed E-state index contributed by atoms with van der Waals surface area (Å²) in [4.78, 5) is 8.35. The van der Waals surface area contributed by atoms with E-state index in [9.17, 15) is 5.11 Å². The fourth-order valence-electron chi connectivity index (χ4n) is 14.0. The van der Waals surface area contributed by atoms with Crippen molar-refractivity contribution in [1.29, 1.82) is 0 Å². The summed E-state index contributed by atoms with van der Waals surface area (Å²) in [5, 5.41) is 17.5. The highest BCUT2D eigenvalue weighted by Crippen LogP contribution is 2.57. The molecule has 4 heteroatoms. The lowest BCUT2D eigenvalue weighted by atomic mass is 9.61. The number of rotatable bonds is 8. The van der Waals surface area contributed by atoms with E-state index in [4.69, 9.17) is 4.99 Å². The van der Waals surface area contributed by atoms with Crippen LogP contribution in [0.5, 0.6) is 0 Å². The smallest absolute Gasteiger partial charge is 0.114 e. The number of hydrogen-bond acceptors (Lipinski definition) is 4. The normalized spacial score (nSPS) is 37.1. The molecule has 1 aromatic carbocycles. The zero-order valence-electron chi connectivity index (χ0n) is 43.7. The van der Waals surface area contributed by atoms with Gasteiger partial charge in [-0.15, -0.1) is 0 Å². The SMILES string of the molecule is CC1C=C(C2(C)NC3C(=CCCC3C3=C(c4ccccc4)C(C4=NCCC(C5CC=CCC5)=C4)CC(C(C)(C)C)C3)N2C2C=CC(C(C)(C)C(C)(C)C)=CC2C2C=CC=CC2)C(C)(O)C(C)C1. The molecular weight excluding hydrogens is 815 g/mol. The molecule has 0 aromatic heterocycles. The summed E-state index contributed by atoms with van der Waals surface area (Å²) < 4.78 is 0. The third-order valence-electron chi connectivity index (χ3n) is 19.2. The summed E-state index contributed by atoms with van der Waals surface area (Å²) >= 11 is 0. The fraction of sp³-hybridized carbons (Fsp3) is 0.603. The van der Waals surface area contributed by atoms with Gasteiger partial charge in [-0.3, -0.25) is 10.3 Å². The molecule has 6 aliphatic carbocycles. The van der Waals surface area contributed by atoms with E-state index in [0.717, 1.165) is 63.5 Å². The quantitative estimate of drug-likeness (QED) is 0.256. The van der Waals surface area contributed by atoms with E-state index in [1.807, 2.05) is 0 Å². The van der Waals surface area contributed by atoms with Crippen LogP contribution in [0.1, 0.15) is 153 Å². The summed E-state index contributed by atoms with van der Waals surface area (Å²) in [6.07, 6.45) is 40.7. The Balaban J connectivity index is 1.22. The minimum absolute atomic E-state index is 0.0147. The van der Waals surface area contributed by atoms with Crippen molar-refractivity contribution >= 4 is 11.3 Å². The van der Waals surface area contributed by atoms with Crippen molar-refractivity contribution in [3.05, 3.63) is 137 Å². The largest absolute Gasteiger partial charge is 0.385 e. The Kier molecular flexibility index (Phi) is 13.1. The zero-order valence-corrected chi connectivity index (χ0v) is 43.7. The number of fused-ring (bicyclic) bond motifs is 1. The third kappa shape index (κ3) is 8.92. The molecule has 9 rings (SSSR count). The highest BCUT2D eigenvalue weighted by Gasteiger charge is 2.59. The molecule has 0 bridgehead atoms. The van der Waals surface area contributed by atoms with Crippen LogP contribution in [0.3, 0.4) is 0 Å². The number of aliphatic hydroxyl groups is 1. The molecule has 360 valence electrons. The van der Waals surface area contributed by atoms with Crippen LogP contribution in [0.2, 0.25) is 0 Å². The van der Waals surface area contributed by atoms with Crippen LogP contribution in [-0.2, 0) is 0 Å². The first kappa shape index (κ1) is 48.3. The average Bonchev–Trinajstić information content (AvgIpc) is 3.62. The van der Waals surface area contributed by atoms with E-state index in [0.29, 0.717) is 29.6 Å². The Morgan fingerprint density at radius 1 is 0.851 bits per heavy atom. The summed E-state index contributed by atoms with van der Waals surface area (Å²) in [6.45, 7) is 29.7. The molecule has 0 saturated carbocycles. The van der Waals surface area contributed by atoms with Gasteiger partial charge >= 0.3 is 0 Å². The van der Waals surface area contributed by atoms with Crippen molar-refractivity contribution in [2.24, 2.45) is 68.6 Å². The van der Waals surface area contributed by atoms with Gasteiger partial charge in [-0.1, -0.05) is 178 Å². The van der Waals surface area contributed by atoms with Crippen LogP contribution in [0.15, 0.2) is 136 Å².